The molecule has 10 aromatic rings. The maximum atomic E-state index is 6.65. The fourth-order valence-electron chi connectivity index (χ4n) is 8.67. The quantitative estimate of drug-likeness (QED) is 0.180. The zero-order valence-electron chi connectivity index (χ0n) is 29.9. The molecule has 11 rings (SSSR count). The number of aromatic nitrogens is 1. The van der Waals surface area contributed by atoms with Crippen molar-refractivity contribution in [2.24, 2.45) is 0 Å². The predicted molar refractivity (Wildman–Crippen MR) is 222 cm³/mol. The van der Waals surface area contributed by atoms with Crippen LogP contribution >= 0.6 is 0 Å². The second kappa shape index (κ2) is 11.5. The molecular weight excluding hydrogens is 661 g/mol. The summed E-state index contributed by atoms with van der Waals surface area (Å²) < 4.78 is 12.9. The van der Waals surface area contributed by atoms with Gasteiger partial charge in [0, 0.05) is 44.9 Å². The molecule has 0 bridgehead atoms. The fraction of sp³-hybridized carbons (Fsp3) is 0.0600. The second-order valence-corrected chi connectivity index (χ2v) is 14.8. The van der Waals surface area contributed by atoms with Crippen LogP contribution < -0.4 is 4.90 Å². The zero-order chi connectivity index (χ0) is 36.0. The van der Waals surface area contributed by atoms with Crippen LogP contribution in [-0.4, -0.2) is 4.98 Å². The van der Waals surface area contributed by atoms with Crippen molar-refractivity contribution in [1.29, 1.82) is 0 Å². The van der Waals surface area contributed by atoms with E-state index in [0.29, 0.717) is 5.89 Å². The Morgan fingerprint density at radius 3 is 2.06 bits per heavy atom. The fourth-order valence-corrected chi connectivity index (χ4v) is 8.67. The minimum absolute atomic E-state index is 0.138. The van der Waals surface area contributed by atoms with Crippen LogP contribution in [0.4, 0.5) is 17.1 Å². The molecule has 2 heterocycles. The van der Waals surface area contributed by atoms with Crippen LogP contribution in [0.2, 0.25) is 0 Å². The highest BCUT2D eigenvalue weighted by Gasteiger charge is 2.35. The highest BCUT2D eigenvalue weighted by atomic mass is 16.3. The molecule has 0 aliphatic heterocycles. The van der Waals surface area contributed by atoms with Crippen LogP contribution in [0.3, 0.4) is 0 Å². The summed E-state index contributed by atoms with van der Waals surface area (Å²) in [4.78, 5) is 7.21. The van der Waals surface area contributed by atoms with Crippen LogP contribution in [0.1, 0.15) is 25.0 Å². The lowest BCUT2D eigenvalue weighted by molar-refractivity contribution is 0.620. The first-order valence-corrected chi connectivity index (χ1v) is 18.5. The third-order valence-electron chi connectivity index (χ3n) is 11.3. The maximum absolute atomic E-state index is 6.65. The molecule has 0 saturated heterocycles. The third kappa shape index (κ3) is 4.60. The van der Waals surface area contributed by atoms with Crippen LogP contribution in [0.15, 0.2) is 179 Å². The van der Waals surface area contributed by atoms with E-state index in [1.807, 2.05) is 36.4 Å². The van der Waals surface area contributed by atoms with Crippen molar-refractivity contribution in [2.45, 2.75) is 19.3 Å². The molecule has 0 atom stereocenters. The van der Waals surface area contributed by atoms with E-state index in [1.54, 1.807) is 0 Å². The van der Waals surface area contributed by atoms with Gasteiger partial charge in [-0.25, -0.2) is 4.98 Å². The molecule has 0 saturated carbocycles. The summed E-state index contributed by atoms with van der Waals surface area (Å²) in [7, 11) is 0. The molecule has 0 spiro atoms. The van der Waals surface area contributed by atoms with Gasteiger partial charge in [-0.3, -0.25) is 0 Å². The van der Waals surface area contributed by atoms with Gasteiger partial charge in [0.05, 0.1) is 0 Å². The summed E-state index contributed by atoms with van der Waals surface area (Å²) in [6.45, 7) is 4.67. The first kappa shape index (κ1) is 30.7. The largest absolute Gasteiger partial charge is 0.456 e. The number of oxazole rings is 1. The van der Waals surface area contributed by atoms with Crippen molar-refractivity contribution in [3.05, 3.63) is 181 Å². The number of anilines is 3. The lowest BCUT2D eigenvalue weighted by Gasteiger charge is -2.28. The van der Waals surface area contributed by atoms with E-state index in [9.17, 15) is 0 Å². The van der Waals surface area contributed by atoms with Crippen molar-refractivity contribution in [3.63, 3.8) is 0 Å². The lowest BCUT2D eigenvalue weighted by Crippen LogP contribution is -2.16. The van der Waals surface area contributed by atoms with Gasteiger partial charge >= 0.3 is 0 Å². The minimum Gasteiger partial charge on any atom is -0.456 e. The van der Waals surface area contributed by atoms with Gasteiger partial charge in [0.1, 0.15) is 16.7 Å². The van der Waals surface area contributed by atoms with Gasteiger partial charge in [0.25, 0.3) is 0 Å². The average molecular weight is 695 g/mol. The molecule has 1 aliphatic carbocycles. The Kier molecular flexibility index (Phi) is 6.56. The van der Waals surface area contributed by atoms with Gasteiger partial charge in [-0.1, -0.05) is 117 Å². The number of furan rings is 1. The second-order valence-electron chi connectivity index (χ2n) is 14.8. The minimum atomic E-state index is -0.138. The monoisotopic (exact) mass is 694 g/mol. The van der Waals surface area contributed by atoms with E-state index in [2.05, 4.69) is 152 Å². The SMILES string of the molecule is CC1(C)c2ccccc2-c2ccc(N(c3ccc4c(c3)oc3cccc(-c5nc6ccccc6o5)c34)c3ccc4cccc(-c5ccccc5)c4c3)cc21. The van der Waals surface area contributed by atoms with E-state index in [1.165, 1.54) is 44.2 Å². The summed E-state index contributed by atoms with van der Waals surface area (Å²) >= 11 is 0. The van der Waals surface area contributed by atoms with Crippen molar-refractivity contribution in [1.82, 2.24) is 4.98 Å². The van der Waals surface area contributed by atoms with Crippen LogP contribution in [-0.2, 0) is 5.41 Å². The van der Waals surface area contributed by atoms with Crippen molar-refractivity contribution < 1.29 is 8.83 Å². The number of hydrogen-bond donors (Lipinski definition) is 0. The molecule has 4 heteroatoms. The predicted octanol–water partition coefficient (Wildman–Crippen LogP) is 14.0. The summed E-state index contributed by atoms with van der Waals surface area (Å²) in [6.07, 6.45) is 0. The Labute approximate surface area is 312 Å². The number of hydrogen-bond acceptors (Lipinski definition) is 4. The van der Waals surface area contributed by atoms with E-state index < -0.39 is 0 Å². The topological polar surface area (TPSA) is 42.4 Å². The molecular formula is C50H34N2O2. The summed E-state index contributed by atoms with van der Waals surface area (Å²) in [5.41, 5.74) is 14.8. The Balaban J connectivity index is 1.12. The van der Waals surface area contributed by atoms with Crippen molar-refractivity contribution in [2.75, 3.05) is 4.90 Å². The van der Waals surface area contributed by atoms with Crippen molar-refractivity contribution >= 4 is 60.9 Å². The maximum Gasteiger partial charge on any atom is 0.228 e. The molecule has 0 amide bonds. The standard InChI is InChI=1S/C50H34N2O2/c1-50(2)42-18-7-6-15-37(42)38-26-24-34(29-43(38)50)52(33-23-22-32-14-10-16-36(41(32)28-33)31-12-4-3-5-13-31)35-25-27-39-47(30-35)53-46-21-11-17-40(48(39)46)49-51-44-19-8-9-20-45(44)54-49/h3-30H,1-2H3. The molecule has 0 unspecified atom stereocenters. The van der Waals surface area contributed by atoms with Gasteiger partial charge in [0.2, 0.25) is 5.89 Å². The summed E-state index contributed by atoms with van der Waals surface area (Å²) in [5.74, 6) is 0.585. The normalized spacial score (nSPS) is 13.1. The summed E-state index contributed by atoms with van der Waals surface area (Å²) in [5, 5.41) is 4.41. The molecule has 54 heavy (non-hydrogen) atoms. The summed E-state index contributed by atoms with van der Waals surface area (Å²) in [6, 6.07) is 60.3. The molecule has 0 radical (unpaired) electrons. The van der Waals surface area contributed by atoms with Gasteiger partial charge in [-0.2, -0.15) is 0 Å². The first-order chi connectivity index (χ1) is 26.5. The molecule has 8 aromatic carbocycles. The lowest BCUT2D eigenvalue weighted by atomic mass is 9.82. The van der Waals surface area contributed by atoms with E-state index >= 15 is 0 Å². The number of benzene rings is 8. The highest BCUT2D eigenvalue weighted by Crippen LogP contribution is 2.51. The highest BCUT2D eigenvalue weighted by molar-refractivity contribution is 6.13. The van der Waals surface area contributed by atoms with Crippen LogP contribution in [0.25, 0.3) is 77.5 Å². The smallest absolute Gasteiger partial charge is 0.228 e. The Bertz CT molecular complexity index is 3060. The molecule has 0 fully saturated rings. The number of rotatable bonds is 5. The molecule has 1 aliphatic rings. The molecule has 2 aromatic heterocycles. The average Bonchev–Trinajstić information content (AvgIpc) is 3.88. The zero-order valence-corrected chi connectivity index (χ0v) is 29.9. The van der Waals surface area contributed by atoms with E-state index in [0.717, 1.165) is 55.7 Å². The molecule has 256 valence electrons. The van der Waals surface area contributed by atoms with Gasteiger partial charge < -0.3 is 13.7 Å². The molecule has 4 nitrogen and oxygen atoms in total. The first-order valence-electron chi connectivity index (χ1n) is 18.5. The molecule has 0 N–H and O–H groups in total. The Morgan fingerprint density at radius 2 is 1.15 bits per heavy atom. The van der Waals surface area contributed by atoms with E-state index in [4.69, 9.17) is 13.8 Å². The Hall–Kier alpha value is -6.91. The van der Waals surface area contributed by atoms with E-state index in [-0.39, 0.29) is 5.41 Å². The number of fused-ring (bicyclic) bond motifs is 8. The van der Waals surface area contributed by atoms with Gasteiger partial charge in [-0.05, 0) is 105 Å². The van der Waals surface area contributed by atoms with Crippen LogP contribution in [0, 0.1) is 0 Å². The van der Waals surface area contributed by atoms with Gasteiger partial charge in [0.15, 0.2) is 5.58 Å². The van der Waals surface area contributed by atoms with Crippen LogP contribution in [0.5, 0.6) is 0 Å². The van der Waals surface area contributed by atoms with Crippen molar-refractivity contribution in [3.8, 4) is 33.7 Å². The number of nitrogens with zero attached hydrogens (tertiary/aromatic N) is 2. The van der Waals surface area contributed by atoms with Gasteiger partial charge in [-0.15, -0.1) is 0 Å². The Morgan fingerprint density at radius 1 is 0.463 bits per heavy atom. The third-order valence-corrected chi connectivity index (χ3v) is 11.3. The number of para-hydroxylation sites is 2.